The van der Waals surface area contributed by atoms with Gasteiger partial charge in [0.1, 0.15) is 22.9 Å². The molecule has 0 aliphatic heterocycles. The smallest absolute Gasteiger partial charge is 0.117 e. The van der Waals surface area contributed by atoms with Crippen LogP contribution in [0.25, 0.3) is 0 Å². The van der Waals surface area contributed by atoms with Crippen molar-refractivity contribution in [3.63, 3.8) is 0 Å². The third-order valence-corrected chi connectivity index (χ3v) is 2.97. The first-order valence-corrected chi connectivity index (χ1v) is 6.02. The molecular formula is C14H19NO3. The lowest BCUT2D eigenvalue weighted by atomic mass is 9.96. The average molecular weight is 249 g/mol. The minimum atomic E-state index is -0.950. The largest absolute Gasteiger partial charge is 0.468 e. The van der Waals surface area contributed by atoms with Gasteiger partial charge in [-0.05, 0) is 39.0 Å². The van der Waals surface area contributed by atoms with Crippen LogP contribution in [-0.2, 0) is 12.1 Å². The highest BCUT2D eigenvalue weighted by molar-refractivity contribution is 5.26. The molecule has 0 fully saturated rings. The molecule has 0 aliphatic rings. The molecular weight excluding hydrogens is 230 g/mol. The monoisotopic (exact) mass is 249 g/mol. The van der Waals surface area contributed by atoms with Gasteiger partial charge in [0.25, 0.3) is 0 Å². The fraction of sp³-hybridized carbons (Fsp3) is 0.429. The Morgan fingerprint density at radius 1 is 1.39 bits per heavy atom. The lowest BCUT2D eigenvalue weighted by molar-refractivity contribution is 0.0547. The van der Waals surface area contributed by atoms with E-state index in [0.717, 1.165) is 22.8 Å². The summed E-state index contributed by atoms with van der Waals surface area (Å²) in [5, 5.41) is 13.6. The van der Waals surface area contributed by atoms with Crippen LogP contribution in [0.5, 0.6) is 0 Å². The van der Waals surface area contributed by atoms with Crippen molar-refractivity contribution in [3.8, 4) is 0 Å². The second-order valence-corrected chi connectivity index (χ2v) is 4.78. The van der Waals surface area contributed by atoms with Crippen LogP contribution in [-0.4, -0.2) is 11.7 Å². The Hall–Kier alpha value is -1.52. The van der Waals surface area contributed by atoms with Crippen LogP contribution in [0.4, 0.5) is 0 Å². The molecule has 1 unspecified atom stereocenters. The van der Waals surface area contributed by atoms with Crippen LogP contribution < -0.4 is 5.32 Å². The van der Waals surface area contributed by atoms with E-state index in [2.05, 4.69) is 5.32 Å². The minimum Gasteiger partial charge on any atom is -0.468 e. The van der Waals surface area contributed by atoms with Gasteiger partial charge >= 0.3 is 0 Å². The molecule has 2 aromatic heterocycles. The van der Waals surface area contributed by atoms with Gasteiger partial charge in [0.05, 0.1) is 12.8 Å². The lowest BCUT2D eigenvalue weighted by Gasteiger charge is -2.23. The number of hydrogen-bond acceptors (Lipinski definition) is 4. The molecule has 0 saturated heterocycles. The van der Waals surface area contributed by atoms with E-state index in [1.165, 1.54) is 0 Å². The Labute approximate surface area is 107 Å². The van der Waals surface area contributed by atoms with Crippen molar-refractivity contribution in [1.29, 1.82) is 0 Å². The molecule has 2 N–H and O–H groups in total. The van der Waals surface area contributed by atoms with E-state index in [4.69, 9.17) is 8.83 Å². The van der Waals surface area contributed by atoms with Crippen LogP contribution in [0.3, 0.4) is 0 Å². The second kappa shape index (κ2) is 5.00. The van der Waals surface area contributed by atoms with Gasteiger partial charge in [-0.25, -0.2) is 0 Å². The number of aryl methyl sites for hydroxylation is 2. The first kappa shape index (κ1) is 12.9. The molecule has 0 amide bonds. The summed E-state index contributed by atoms with van der Waals surface area (Å²) in [5.41, 5.74) is -0.124. The second-order valence-electron chi connectivity index (χ2n) is 4.78. The zero-order valence-electron chi connectivity index (χ0n) is 11.0. The molecule has 0 saturated carbocycles. The maximum atomic E-state index is 10.5. The molecule has 0 bridgehead atoms. The highest BCUT2D eigenvalue weighted by Crippen LogP contribution is 2.26. The summed E-state index contributed by atoms with van der Waals surface area (Å²) < 4.78 is 10.7. The van der Waals surface area contributed by atoms with Crippen LogP contribution >= 0.6 is 0 Å². The number of nitrogens with one attached hydrogen (secondary N) is 1. The molecule has 0 spiro atoms. The lowest BCUT2D eigenvalue weighted by Crippen LogP contribution is -2.35. The van der Waals surface area contributed by atoms with E-state index in [-0.39, 0.29) is 0 Å². The number of hydrogen-bond donors (Lipinski definition) is 2. The Morgan fingerprint density at radius 2 is 2.17 bits per heavy atom. The molecule has 0 radical (unpaired) electrons. The van der Waals surface area contributed by atoms with Crippen molar-refractivity contribution in [1.82, 2.24) is 5.32 Å². The van der Waals surface area contributed by atoms with E-state index in [0.29, 0.717) is 13.1 Å². The van der Waals surface area contributed by atoms with Gasteiger partial charge in [-0.1, -0.05) is 0 Å². The van der Waals surface area contributed by atoms with Crippen LogP contribution in [0.15, 0.2) is 33.3 Å². The van der Waals surface area contributed by atoms with Gasteiger partial charge in [0.2, 0.25) is 0 Å². The predicted octanol–water partition coefficient (Wildman–Crippen LogP) is 2.49. The zero-order valence-corrected chi connectivity index (χ0v) is 11.0. The van der Waals surface area contributed by atoms with Gasteiger partial charge in [-0.2, -0.15) is 0 Å². The van der Waals surface area contributed by atoms with Crippen LogP contribution in [0.2, 0.25) is 0 Å². The van der Waals surface area contributed by atoms with E-state index in [1.807, 2.05) is 32.0 Å². The zero-order chi connectivity index (χ0) is 13.2. The van der Waals surface area contributed by atoms with E-state index >= 15 is 0 Å². The van der Waals surface area contributed by atoms with Gasteiger partial charge in [0, 0.05) is 12.1 Å². The normalized spacial score (nSPS) is 14.7. The highest BCUT2D eigenvalue weighted by Gasteiger charge is 2.27. The molecule has 4 heteroatoms. The molecule has 98 valence electrons. The topological polar surface area (TPSA) is 58.5 Å². The maximum absolute atomic E-state index is 10.5. The third kappa shape index (κ3) is 2.83. The Bertz CT molecular complexity index is 497. The summed E-state index contributed by atoms with van der Waals surface area (Å²) in [6.07, 6.45) is 1.64. The van der Waals surface area contributed by atoms with Crippen molar-refractivity contribution in [2.24, 2.45) is 0 Å². The Morgan fingerprint density at radius 3 is 2.72 bits per heavy atom. The van der Waals surface area contributed by atoms with Gasteiger partial charge in [-0.15, -0.1) is 0 Å². The van der Waals surface area contributed by atoms with Crippen molar-refractivity contribution in [2.75, 3.05) is 6.54 Å². The fourth-order valence-corrected chi connectivity index (χ4v) is 2.10. The maximum Gasteiger partial charge on any atom is 0.117 e. The molecule has 1 atom stereocenters. The molecule has 0 aromatic carbocycles. The third-order valence-electron chi connectivity index (χ3n) is 2.97. The minimum absolute atomic E-state index is 0.438. The van der Waals surface area contributed by atoms with Gasteiger partial charge in [-0.3, -0.25) is 0 Å². The summed E-state index contributed by atoms with van der Waals surface area (Å²) in [5.74, 6) is 2.43. The molecule has 4 nitrogen and oxygen atoms in total. The van der Waals surface area contributed by atoms with Crippen LogP contribution in [0.1, 0.15) is 29.8 Å². The molecule has 2 rings (SSSR count). The van der Waals surface area contributed by atoms with E-state index in [9.17, 15) is 5.11 Å². The average Bonchev–Trinajstić information content (AvgIpc) is 2.88. The van der Waals surface area contributed by atoms with Crippen molar-refractivity contribution < 1.29 is 13.9 Å². The fourth-order valence-electron chi connectivity index (χ4n) is 2.10. The summed E-state index contributed by atoms with van der Waals surface area (Å²) in [6, 6.07) is 5.62. The molecule has 0 aliphatic carbocycles. The predicted molar refractivity (Wildman–Crippen MR) is 68.2 cm³/mol. The number of furan rings is 2. The summed E-state index contributed by atoms with van der Waals surface area (Å²) in [4.78, 5) is 0. The van der Waals surface area contributed by atoms with Gasteiger partial charge < -0.3 is 19.3 Å². The number of rotatable bonds is 5. The first-order chi connectivity index (χ1) is 8.49. The SMILES string of the molecule is Cc1cc(C(C)(O)CNCc2ccco2)c(C)o1. The quantitative estimate of drug-likeness (QED) is 0.854. The summed E-state index contributed by atoms with van der Waals surface area (Å²) in [7, 11) is 0. The van der Waals surface area contributed by atoms with E-state index < -0.39 is 5.60 Å². The molecule has 18 heavy (non-hydrogen) atoms. The van der Waals surface area contributed by atoms with E-state index in [1.54, 1.807) is 13.2 Å². The van der Waals surface area contributed by atoms with Crippen LogP contribution in [0, 0.1) is 13.8 Å². The molecule has 2 heterocycles. The van der Waals surface area contributed by atoms with Gasteiger partial charge in [0.15, 0.2) is 0 Å². The van der Waals surface area contributed by atoms with Crippen molar-refractivity contribution >= 4 is 0 Å². The summed E-state index contributed by atoms with van der Waals surface area (Å²) in [6.45, 7) is 6.55. The molecule has 2 aromatic rings. The number of aliphatic hydroxyl groups is 1. The first-order valence-electron chi connectivity index (χ1n) is 6.02. The van der Waals surface area contributed by atoms with Crippen molar-refractivity contribution in [2.45, 2.75) is 32.9 Å². The highest BCUT2D eigenvalue weighted by atomic mass is 16.3. The standard InChI is InChI=1S/C14H19NO3/c1-10-7-13(11(2)18-10)14(3,16)9-15-8-12-5-4-6-17-12/h4-7,15-16H,8-9H2,1-3H3. The van der Waals surface area contributed by atoms with Crippen molar-refractivity contribution in [3.05, 3.63) is 47.3 Å². The Kier molecular flexibility index (Phi) is 3.59. The summed E-state index contributed by atoms with van der Waals surface area (Å²) >= 11 is 0. The Balaban J connectivity index is 1.97.